The molecule has 4 aromatic heterocycles. The minimum Gasteiger partial charge on any atom is -0.309 e. The third-order valence-electron chi connectivity index (χ3n) is 12.1. The molecule has 0 saturated carbocycles. The number of rotatable bonds is 7. The number of hydrogen-bond donors (Lipinski definition) is 0. The van der Waals surface area contributed by atoms with Crippen LogP contribution in [0.25, 0.3) is 111 Å². The molecule has 0 bridgehead atoms. The van der Waals surface area contributed by atoms with Crippen molar-refractivity contribution in [3.63, 3.8) is 0 Å². The summed E-state index contributed by atoms with van der Waals surface area (Å²) in [7, 11) is 0. The standard InChI is InChI=1S/C58H38N4/c1-5-17-39(18-6-1)43-35-51(41-29-31-57-49(33-41)47-25-13-15-27-55(47)61(57)45-21-9-3-10-22-45)59-53(37-43)54-38-44(40-19-7-2-8-20-40)36-52(60-54)42-30-32-58-50(34-42)48-26-14-16-28-56(48)62(58)46-23-11-4-12-24-46/h1-38H. The average molecular weight is 791 g/mol. The Hall–Kier alpha value is -8.34. The Morgan fingerprint density at radius 2 is 0.565 bits per heavy atom. The Bertz CT molecular complexity index is 3360. The van der Waals surface area contributed by atoms with Gasteiger partial charge in [-0.15, -0.1) is 0 Å². The maximum absolute atomic E-state index is 5.48. The Kier molecular flexibility index (Phi) is 8.46. The van der Waals surface area contributed by atoms with E-state index in [1.54, 1.807) is 0 Å². The molecule has 0 aliphatic heterocycles. The van der Waals surface area contributed by atoms with Crippen LogP contribution in [-0.4, -0.2) is 19.1 Å². The molecule has 0 aliphatic carbocycles. The molecule has 0 spiro atoms. The monoisotopic (exact) mass is 790 g/mol. The highest BCUT2D eigenvalue weighted by Crippen LogP contribution is 2.39. The molecule has 0 unspecified atom stereocenters. The highest BCUT2D eigenvalue weighted by molar-refractivity contribution is 6.11. The van der Waals surface area contributed by atoms with E-state index in [2.05, 4.69) is 240 Å². The Morgan fingerprint density at radius 3 is 0.984 bits per heavy atom. The van der Waals surface area contributed by atoms with E-state index in [1.165, 1.54) is 32.6 Å². The van der Waals surface area contributed by atoms with Crippen LogP contribution in [0.1, 0.15) is 0 Å². The lowest BCUT2D eigenvalue weighted by Crippen LogP contribution is -1.96. The molecule has 4 heterocycles. The van der Waals surface area contributed by atoms with E-state index in [4.69, 9.17) is 9.97 Å². The fourth-order valence-corrected chi connectivity index (χ4v) is 9.19. The summed E-state index contributed by atoms with van der Waals surface area (Å²) in [5.74, 6) is 0. The summed E-state index contributed by atoms with van der Waals surface area (Å²) in [6.45, 7) is 0. The van der Waals surface area contributed by atoms with Crippen LogP contribution < -0.4 is 0 Å². The van der Waals surface area contributed by atoms with Crippen LogP contribution in [0.2, 0.25) is 0 Å². The molecule has 0 amide bonds. The largest absolute Gasteiger partial charge is 0.309 e. The van der Waals surface area contributed by atoms with Gasteiger partial charge in [-0.25, -0.2) is 9.97 Å². The molecular weight excluding hydrogens is 753 g/mol. The second kappa shape index (κ2) is 14.7. The van der Waals surface area contributed by atoms with Crippen LogP contribution in [0.15, 0.2) is 231 Å². The predicted molar refractivity (Wildman–Crippen MR) is 258 cm³/mol. The van der Waals surface area contributed by atoms with Gasteiger partial charge in [-0.05, 0) is 107 Å². The number of nitrogens with zero attached hydrogens (tertiary/aromatic N) is 4. The summed E-state index contributed by atoms with van der Waals surface area (Å²) in [6, 6.07) is 82.0. The van der Waals surface area contributed by atoms with Crippen molar-refractivity contribution in [1.82, 2.24) is 19.1 Å². The van der Waals surface area contributed by atoms with Crippen molar-refractivity contribution in [2.45, 2.75) is 0 Å². The average Bonchev–Trinajstić information content (AvgIpc) is 3.87. The smallest absolute Gasteiger partial charge is 0.0900 e. The number of para-hydroxylation sites is 4. The Morgan fingerprint density at radius 1 is 0.226 bits per heavy atom. The second-order valence-corrected chi connectivity index (χ2v) is 15.8. The molecule has 0 fully saturated rings. The molecule has 8 aromatic carbocycles. The molecule has 0 atom stereocenters. The molecule has 12 aromatic rings. The quantitative estimate of drug-likeness (QED) is 0.161. The number of pyridine rings is 2. The van der Waals surface area contributed by atoms with E-state index < -0.39 is 0 Å². The van der Waals surface area contributed by atoms with E-state index in [-0.39, 0.29) is 0 Å². The minimum atomic E-state index is 0.814. The van der Waals surface area contributed by atoms with Gasteiger partial charge in [0.05, 0.1) is 44.8 Å². The molecule has 62 heavy (non-hydrogen) atoms. The number of aromatic nitrogens is 4. The van der Waals surface area contributed by atoms with Crippen molar-refractivity contribution in [2.75, 3.05) is 0 Å². The third-order valence-corrected chi connectivity index (χ3v) is 12.1. The van der Waals surface area contributed by atoms with Crippen LogP contribution in [0.3, 0.4) is 0 Å². The first-order valence-electron chi connectivity index (χ1n) is 21.1. The van der Waals surface area contributed by atoms with Gasteiger partial charge in [0.2, 0.25) is 0 Å². The first kappa shape index (κ1) is 35.6. The molecule has 0 N–H and O–H groups in total. The summed E-state index contributed by atoms with van der Waals surface area (Å²) in [5, 5.41) is 4.79. The van der Waals surface area contributed by atoms with Gasteiger partial charge in [0.15, 0.2) is 0 Å². The normalized spacial score (nSPS) is 11.5. The van der Waals surface area contributed by atoms with E-state index in [1.807, 2.05) is 0 Å². The summed E-state index contributed by atoms with van der Waals surface area (Å²) >= 11 is 0. The van der Waals surface area contributed by atoms with Crippen LogP contribution in [-0.2, 0) is 0 Å². The first-order chi connectivity index (χ1) is 30.7. The molecule has 4 heteroatoms. The van der Waals surface area contributed by atoms with Crippen molar-refractivity contribution < 1.29 is 0 Å². The second-order valence-electron chi connectivity index (χ2n) is 15.8. The summed E-state index contributed by atoms with van der Waals surface area (Å²) in [4.78, 5) is 11.0. The van der Waals surface area contributed by atoms with Gasteiger partial charge < -0.3 is 9.13 Å². The Labute approximate surface area is 359 Å². The molecule has 290 valence electrons. The zero-order valence-electron chi connectivity index (χ0n) is 33.7. The van der Waals surface area contributed by atoms with Gasteiger partial charge in [0, 0.05) is 44.0 Å². The maximum Gasteiger partial charge on any atom is 0.0900 e. The lowest BCUT2D eigenvalue weighted by Gasteiger charge is -2.14. The van der Waals surface area contributed by atoms with Crippen molar-refractivity contribution in [3.05, 3.63) is 231 Å². The highest BCUT2D eigenvalue weighted by Gasteiger charge is 2.18. The molecule has 12 rings (SSSR count). The Balaban J connectivity index is 1.06. The van der Waals surface area contributed by atoms with Crippen LogP contribution in [0.5, 0.6) is 0 Å². The van der Waals surface area contributed by atoms with Gasteiger partial charge in [-0.1, -0.05) is 146 Å². The SMILES string of the molecule is c1ccc(-c2cc(-c3ccc4c(c3)c3ccccc3n4-c3ccccc3)nc(-c3cc(-c4ccccc4)cc(-c4ccc5c(c4)c4ccccc4n5-c4ccccc4)n3)c2)cc1. The van der Waals surface area contributed by atoms with Crippen molar-refractivity contribution in [2.24, 2.45) is 0 Å². The maximum atomic E-state index is 5.48. The molecule has 0 saturated heterocycles. The van der Waals surface area contributed by atoms with Gasteiger partial charge in [0.1, 0.15) is 0 Å². The van der Waals surface area contributed by atoms with Gasteiger partial charge in [0.25, 0.3) is 0 Å². The van der Waals surface area contributed by atoms with Crippen molar-refractivity contribution in [1.29, 1.82) is 0 Å². The zero-order chi connectivity index (χ0) is 41.0. The lowest BCUT2D eigenvalue weighted by atomic mass is 9.98. The highest BCUT2D eigenvalue weighted by atomic mass is 15.0. The summed E-state index contributed by atoms with van der Waals surface area (Å²) in [6.07, 6.45) is 0. The minimum absolute atomic E-state index is 0.814. The zero-order valence-corrected chi connectivity index (χ0v) is 33.7. The molecule has 0 aliphatic rings. The number of fused-ring (bicyclic) bond motifs is 6. The lowest BCUT2D eigenvalue weighted by molar-refractivity contribution is 1.18. The van der Waals surface area contributed by atoms with E-state index in [0.717, 1.165) is 78.6 Å². The molecule has 0 radical (unpaired) electrons. The van der Waals surface area contributed by atoms with Gasteiger partial charge >= 0.3 is 0 Å². The molecular formula is C58H38N4. The van der Waals surface area contributed by atoms with E-state index in [0.29, 0.717) is 0 Å². The summed E-state index contributed by atoms with van der Waals surface area (Å²) in [5.41, 5.74) is 16.9. The van der Waals surface area contributed by atoms with Crippen molar-refractivity contribution >= 4 is 43.6 Å². The number of hydrogen-bond acceptors (Lipinski definition) is 2. The van der Waals surface area contributed by atoms with Gasteiger partial charge in [-0.3, -0.25) is 0 Å². The van der Waals surface area contributed by atoms with Crippen LogP contribution >= 0.6 is 0 Å². The van der Waals surface area contributed by atoms with Crippen LogP contribution in [0, 0.1) is 0 Å². The third kappa shape index (κ3) is 6.08. The molecule has 4 nitrogen and oxygen atoms in total. The fraction of sp³-hybridized carbons (Fsp3) is 0. The van der Waals surface area contributed by atoms with E-state index >= 15 is 0 Å². The van der Waals surface area contributed by atoms with Crippen LogP contribution in [0.4, 0.5) is 0 Å². The summed E-state index contributed by atoms with van der Waals surface area (Å²) < 4.78 is 4.70. The predicted octanol–water partition coefficient (Wildman–Crippen LogP) is 15.0. The first-order valence-corrected chi connectivity index (χ1v) is 21.1. The van der Waals surface area contributed by atoms with E-state index in [9.17, 15) is 0 Å². The fourth-order valence-electron chi connectivity index (χ4n) is 9.19. The topological polar surface area (TPSA) is 35.6 Å². The van der Waals surface area contributed by atoms with Gasteiger partial charge in [-0.2, -0.15) is 0 Å². The number of benzene rings is 8. The van der Waals surface area contributed by atoms with Crippen molar-refractivity contribution in [3.8, 4) is 67.5 Å².